The summed E-state index contributed by atoms with van der Waals surface area (Å²) >= 11 is 1.35. The molecular formula is C26H25N3O3S. The van der Waals surface area contributed by atoms with Crippen LogP contribution in [0.4, 0.5) is 10.8 Å². The molecule has 6 nitrogen and oxygen atoms in total. The number of hydrogen-bond donors (Lipinski definition) is 0. The first-order chi connectivity index (χ1) is 15.8. The van der Waals surface area contributed by atoms with Crippen molar-refractivity contribution in [3.8, 4) is 0 Å². The Morgan fingerprint density at radius 2 is 1.79 bits per heavy atom. The highest BCUT2D eigenvalue weighted by atomic mass is 32.1. The summed E-state index contributed by atoms with van der Waals surface area (Å²) in [7, 11) is 0. The minimum atomic E-state index is -0.351. The molecule has 0 bridgehead atoms. The topological polar surface area (TPSA) is 72.4 Å². The molecule has 0 N–H and O–H groups in total. The SMILES string of the molecule is CC(=O)N(c1nc(COC(=O)Cc2cccc3cccnc23)cs1)c1c(C)cc(C)cc1C. The molecule has 0 atom stereocenters. The van der Waals surface area contributed by atoms with Gasteiger partial charge in [0, 0.05) is 23.9 Å². The summed E-state index contributed by atoms with van der Waals surface area (Å²) in [4.78, 5) is 35.6. The first-order valence-corrected chi connectivity index (χ1v) is 11.5. The second-order valence-electron chi connectivity index (χ2n) is 8.05. The van der Waals surface area contributed by atoms with Crippen LogP contribution in [0, 0.1) is 20.8 Å². The molecule has 0 aliphatic heterocycles. The largest absolute Gasteiger partial charge is 0.459 e. The lowest BCUT2D eigenvalue weighted by Crippen LogP contribution is -2.24. The number of para-hydroxylation sites is 1. The van der Waals surface area contributed by atoms with Crippen molar-refractivity contribution in [3.05, 3.63) is 82.0 Å². The number of nitrogens with zero attached hydrogens (tertiary/aromatic N) is 3. The van der Waals surface area contributed by atoms with E-state index in [2.05, 4.69) is 22.1 Å². The molecule has 7 heteroatoms. The molecule has 2 aromatic carbocycles. The fourth-order valence-corrected chi connectivity index (χ4v) is 4.91. The molecule has 4 rings (SSSR count). The van der Waals surface area contributed by atoms with Gasteiger partial charge in [-0.05, 0) is 43.5 Å². The van der Waals surface area contributed by atoms with Gasteiger partial charge in [0.2, 0.25) is 5.91 Å². The van der Waals surface area contributed by atoms with Gasteiger partial charge in [-0.25, -0.2) is 4.98 Å². The number of thiazole rings is 1. The molecule has 1 amide bonds. The third-order valence-electron chi connectivity index (χ3n) is 5.34. The number of anilines is 2. The van der Waals surface area contributed by atoms with E-state index in [4.69, 9.17) is 4.74 Å². The molecule has 2 heterocycles. The molecule has 4 aromatic rings. The van der Waals surface area contributed by atoms with Crippen molar-refractivity contribution in [2.45, 2.75) is 40.7 Å². The van der Waals surface area contributed by atoms with Crippen LogP contribution in [0.5, 0.6) is 0 Å². The van der Waals surface area contributed by atoms with Crippen LogP contribution in [0.1, 0.15) is 34.9 Å². The van der Waals surface area contributed by atoms with E-state index in [0.717, 1.165) is 38.8 Å². The standard InChI is InChI=1S/C26H25N3O3S/c1-16-11-17(2)25(18(3)12-16)29(19(4)30)26-28-22(15-33-26)14-32-23(31)13-21-8-5-7-20-9-6-10-27-24(20)21/h5-12,15H,13-14H2,1-4H3. The molecule has 168 valence electrons. The van der Waals surface area contributed by atoms with E-state index in [1.54, 1.807) is 11.1 Å². The number of hydrogen-bond acceptors (Lipinski definition) is 6. The Labute approximate surface area is 196 Å². The molecule has 0 fully saturated rings. The summed E-state index contributed by atoms with van der Waals surface area (Å²) < 4.78 is 5.48. The van der Waals surface area contributed by atoms with E-state index in [-0.39, 0.29) is 24.9 Å². The van der Waals surface area contributed by atoms with E-state index < -0.39 is 0 Å². The molecule has 2 aromatic heterocycles. The molecule has 33 heavy (non-hydrogen) atoms. The van der Waals surface area contributed by atoms with Crippen LogP contribution in [0.2, 0.25) is 0 Å². The molecule has 0 saturated carbocycles. The zero-order valence-corrected chi connectivity index (χ0v) is 19.9. The van der Waals surface area contributed by atoms with Crippen molar-refractivity contribution in [2.75, 3.05) is 4.90 Å². The van der Waals surface area contributed by atoms with Crippen molar-refractivity contribution >= 4 is 44.9 Å². The molecule has 0 aliphatic rings. The Morgan fingerprint density at radius 1 is 1.06 bits per heavy atom. The van der Waals surface area contributed by atoms with Gasteiger partial charge in [0.05, 0.1) is 23.3 Å². The maximum atomic E-state index is 12.5. The molecule has 0 radical (unpaired) electrons. The van der Waals surface area contributed by atoms with Crippen LogP contribution in [-0.4, -0.2) is 21.8 Å². The number of rotatable bonds is 6. The number of pyridine rings is 1. The molecule has 0 aliphatic carbocycles. The van der Waals surface area contributed by atoms with Gasteiger partial charge >= 0.3 is 5.97 Å². The van der Waals surface area contributed by atoms with E-state index in [1.165, 1.54) is 18.3 Å². The number of esters is 1. The van der Waals surface area contributed by atoms with Crippen LogP contribution in [-0.2, 0) is 27.4 Å². The predicted molar refractivity (Wildman–Crippen MR) is 131 cm³/mol. The Kier molecular flexibility index (Phi) is 6.51. The van der Waals surface area contributed by atoms with Crippen LogP contribution < -0.4 is 4.90 Å². The highest BCUT2D eigenvalue weighted by molar-refractivity contribution is 7.14. The summed E-state index contributed by atoms with van der Waals surface area (Å²) in [5.74, 6) is -0.470. The lowest BCUT2D eigenvalue weighted by Gasteiger charge is -2.23. The number of aromatic nitrogens is 2. The van der Waals surface area contributed by atoms with E-state index in [9.17, 15) is 9.59 Å². The Hall–Kier alpha value is -3.58. The minimum Gasteiger partial charge on any atom is -0.459 e. The number of aryl methyl sites for hydroxylation is 3. The minimum absolute atomic E-state index is 0.0468. The lowest BCUT2D eigenvalue weighted by atomic mass is 10.0. The molecular weight excluding hydrogens is 434 g/mol. The highest BCUT2D eigenvalue weighted by Crippen LogP contribution is 2.34. The maximum Gasteiger partial charge on any atom is 0.310 e. The lowest BCUT2D eigenvalue weighted by molar-refractivity contribution is -0.144. The van der Waals surface area contributed by atoms with Crippen LogP contribution in [0.3, 0.4) is 0 Å². The summed E-state index contributed by atoms with van der Waals surface area (Å²) in [5.41, 5.74) is 6.23. The van der Waals surface area contributed by atoms with E-state index >= 15 is 0 Å². The van der Waals surface area contributed by atoms with Gasteiger partial charge in [0.25, 0.3) is 0 Å². The number of carbonyl (C=O) groups excluding carboxylic acids is 2. The average Bonchev–Trinajstić information content (AvgIpc) is 3.23. The fraction of sp³-hybridized carbons (Fsp3) is 0.231. The first-order valence-electron chi connectivity index (χ1n) is 10.6. The zero-order chi connectivity index (χ0) is 23.5. The van der Waals surface area contributed by atoms with Gasteiger partial charge in [0.15, 0.2) is 5.13 Å². The number of carbonyl (C=O) groups is 2. The van der Waals surface area contributed by atoms with Gasteiger partial charge in [-0.3, -0.25) is 19.5 Å². The first kappa shape index (κ1) is 22.6. The Bertz CT molecular complexity index is 1320. The molecule has 0 spiro atoms. The normalized spacial score (nSPS) is 10.9. The van der Waals surface area contributed by atoms with Gasteiger partial charge in [-0.1, -0.05) is 42.0 Å². The second kappa shape index (κ2) is 9.50. The quantitative estimate of drug-likeness (QED) is 0.352. The van der Waals surface area contributed by atoms with Gasteiger partial charge in [-0.2, -0.15) is 0 Å². The second-order valence-corrected chi connectivity index (χ2v) is 8.89. The molecule has 0 unspecified atom stereocenters. The van der Waals surface area contributed by atoms with E-state index in [1.807, 2.05) is 56.5 Å². The van der Waals surface area contributed by atoms with E-state index in [0.29, 0.717) is 10.8 Å². The smallest absolute Gasteiger partial charge is 0.310 e. The van der Waals surface area contributed by atoms with Gasteiger partial charge in [0.1, 0.15) is 6.61 Å². The zero-order valence-electron chi connectivity index (χ0n) is 19.1. The average molecular weight is 460 g/mol. The monoisotopic (exact) mass is 459 g/mol. The number of benzene rings is 2. The van der Waals surface area contributed by atoms with Crippen LogP contribution >= 0.6 is 11.3 Å². The van der Waals surface area contributed by atoms with Crippen LogP contribution in [0.15, 0.2) is 54.0 Å². The third kappa shape index (κ3) is 4.93. The van der Waals surface area contributed by atoms with Gasteiger partial charge in [-0.15, -0.1) is 11.3 Å². The fourth-order valence-electron chi connectivity index (χ4n) is 4.05. The highest BCUT2D eigenvalue weighted by Gasteiger charge is 2.22. The predicted octanol–water partition coefficient (Wildman–Crippen LogP) is 5.59. The maximum absolute atomic E-state index is 12.5. The van der Waals surface area contributed by atoms with Crippen molar-refractivity contribution in [3.63, 3.8) is 0 Å². The van der Waals surface area contributed by atoms with Crippen LogP contribution in [0.25, 0.3) is 10.9 Å². The van der Waals surface area contributed by atoms with Crippen molar-refractivity contribution < 1.29 is 14.3 Å². The van der Waals surface area contributed by atoms with Crippen molar-refractivity contribution in [1.82, 2.24) is 9.97 Å². The Morgan fingerprint density at radius 3 is 2.52 bits per heavy atom. The third-order valence-corrected chi connectivity index (χ3v) is 6.21. The van der Waals surface area contributed by atoms with Gasteiger partial charge < -0.3 is 4.74 Å². The summed E-state index contributed by atoms with van der Waals surface area (Å²) in [6.07, 6.45) is 1.85. The van der Waals surface area contributed by atoms with Crippen molar-refractivity contribution in [1.29, 1.82) is 0 Å². The van der Waals surface area contributed by atoms with Crippen molar-refractivity contribution in [2.24, 2.45) is 0 Å². The Balaban J connectivity index is 1.48. The summed E-state index contributed by atoms with van der Waals surface area (Å²) in [6, 6.07) is 13.7. The number of amides is 1. The summed E-state index contributed by atoms with van der Waals surface area (Å²) in [5, 5.41) is 3.36. The summed E-state index contributed by atoms with van der Waals surface area (Å²) in [6.45, 7) is 7.59. The number of fused-ring (bicyclic) bond motifs is 1. The number of ether oxygens (including phenoxy) is 1. The molecule has 0 saturated heterocycles.